The predicted octanol–water partition coefficient (Wildman–Crippen LogP) is 2.14. The summed E-state index contributed by atoms with van der Waals surface area (Å²) in [6.07, 6.45) is 1.70. The molecule has 1 amide bonds. The monoisotopic (exact) mass is 343 g/mol. The molecule has 2 aromatic rings. The first-order valence-electron chi connectivity index (χ1n) is 8.62. The van der Waals surface area contributed by atoms with E-state index in [1.165, 1.54) is 0 Å². The van der Waals surface area contributed by atoms with E-state index in [0.29, 0.717) is 31.5 Å². The molecule has 25 heavy (non-hydrogen) atoms. The van der Waals surface area contributed by atoms with E-state index in [2.05, 4.69) is 15.5 Å². The van der Waals surface area contributed by atoms with Gasteiger partial charge in [-0.15, -0.1) is 0 Å². The van der Waals surface area contributed by atoms with Crippen molar-refractivity contribution in [1.82, 2.24) is 15.5 Å². The molecule has 0 aliphatic carbocycles. The molecule has 2 aliphatic heterocycles. The minimum absolute atomic E-state index is 0.0719. The molecule has 1 aromatic carbocycles. The van der Waals surface area contributed by atoms with Crippen molar-refractivity contribution in [2.75, 3.05) is 19.8 Å². The van der Waals surface area contributed by atoms with Gasteiger partial charge in [-0.1, -0.05) is 23.4 Å². The lowest BCUT2D eigenvalue weighted by Gasteiger charge is -2.29. The van der Waals surface area contributed by atoms with Gasteiger partial charge in [0.25, 0.3) is 0 Å². The maximum atomic E-state index is 12.9. The smallest absolute Gasteiger partial charge is 0.249 e. The standard InChI is InChI=1S/C18H21N3O4/c1-11-19-18(25-21-11)16(12-6-8-23-9-7-12)20-17(22)14-10-24-15-5-3-2-4-13(14)15/h2-5,12,14,16H,6-10H2,1H3,(H,20,22)/t14-,16+/m1/s1. The van der Waals surface area contributed by atoms with Gasteiger partial charge in [0.15, 0.2) is 5.82 Å². The molecule has 0 spiro atoms. The van der Waals surface area contributed by atoms with Crippen molar-refractivity contribution < 1.29 is 18.8 Å². The van der Waals surface area contributed by atoms with Gasteiger partial charge in [0.2, 0.25) is 11.8 Å². The van der Waals surface area contributed by atoms with Crippen molar-refractivity contribution in [1.29, 1.82) is 0 Å². The van der Waals surface area contributed by atoms with Crippen LogP contribution in [0.15, 0.2) is 28.8 Å². The number of hydrogen-bond acceptors (Lipinski definition) is 6. The van der Waals surface area contributed by atoms with Crippen molar-refractivity contribution in [3.8, 4) is 5.75 Å². The summed E-state index contributed by atoms with van der Waals surface area (Å²) in [5.74, 6) is 1.63. The van der Waals surface area contributed by atoms with Gasteiger partial charge in [-0.05, 0) is 31.7 Å². The summed E-state index contributed by atoms with van der Waals surface area (Å²) >= 11 is 0. The van der Waals surface area contributed by atoms with Crippen LogP contribution in [0.1, 0.15) is 42.1 Å². The SMILES string of the molecule is Cc1noc([C@@H](NC(=O)[C@@H]2COc3ccccc32)C2CCOCC2)n1. The van der Waals surface area contributed by atoms with E-state index in [1.54, 1.807) is 6.92 Å². The number of amides is 1. The minimum atomic E-state index is -0.317. The zero-order valence-electron chi connectivity index (χ0n) is 14.1. The maximum absolute atomic E-state index is 12.9. The topological polar surface area (TPSA) is 86.5 Å². The number of hydrogen-bond donors (Lipinski definition) is 1. The molecule has 0 bridgehead atoms. The second-order valence-corrected chi connectivity index (χ2v) is 6.52. The number of para-hydroxylation sites is 1. The van der Waals surface area contributed by atoms with Crippen LogP contribution in [0, 0.1) is 12.8 Å². The Balaban J connectivity index is 1.55. The minimum Gasteiger partial charge on any atom is -0.492 e. The molecule has 0 saturated carbocycles. The lowest BCUT2D eigenvalue weighted by Crippen LogP contribution is -2.39. The number of ether oxygens (including phenoxy) is 2. The Morgan fingerprint density at radius 1 is 1.28 bits per heavy atom. The van der Waals surface area contributed by atoms with Gasteiger partial charge >= 0.3 is 0 Å². The summed E-state index contributed by atoms with van der Waals surface area (Å²) in [4.78, 5) is 17.3. The fourth-order valence-electron chi connectivity index (χ4n) is 3.50. The number of rotatable bonds is 4. The number of carbonyl (C=O) groups is 1. The molecule has 1 saturated heterocycles. The summed E-state index contributed by atoms with van der Waals surface area (Å²) in [6.45, 7) is 3.49. The molecular weight excluding hydrogens is 322 g/mol. The van der Waals surface area contributed by atoms with E-state index >= 15 is 0 Å². The average molecular weight is 343 g/mol. The second-order valence-electron chi connectivity index (χ2n) is 6.52. The van der Waals surface area contributed by atoms with Gasteiger partial charge in [-0.2, -0.15) is 4.98 Å². The molecule has 132 valence electrons. The van der Waals surface area contributed by atoms with Crippen molar-refractivity contribution in [2.24, 2.45) is 5.92 Å². The van der Waals surface area contributed by atoms with Crippen LogP contribution < -0.4 is 10.1 Å². The molecule has 7 nitrogen and oxygen atoms in total. The van der Waals surface area contributed by atoms with Crippen LogP contribution in [0.2, 0.25) is 0 Å². The fourth-order valence-corrected chi connectivity index (χ4v) is 3.50. The maximum Gasteiger partial charge on any atom is 0.249 e. The summed E-state index contributed by atoms with van der Waals surface area (Å²) < 4.78 is 16.4. The van der Waals surface area contributed by atoms with E-state index in [1.807, 2.05) is 24.3 Å². The molecule has 1 aromatic heterocycles. The average Bonchev–Trinajstić information content (AvgIpc) is 3.26. The largest absolute Gasteiger partial charge is 0.492 e. The first-order valence-corrected chi connectivity index (χ1v) is 8.62. The summed E-state index contributed by atoms with van der Waals surface area (Å²) in [7, 11) is 0. The molecular formula is C18H21N3O4. The highest BCUT2D eigenvalue weighted by atomic mass is 16.5. The Hall–Kier alpha value is -2.41. The quantitative estimate of drug-likeness (QED) is 0.915. The van der Waals surface area contributed by atoms with E-state index < -0.39 is 0 Å². The van der Waals surface area contributed by atoms with Gasteiger partial charge in [-0.25, -0.2) is 0 Å². The van der Waals surface area contributed by atoms with Crippen molar-refractivity contribution >= 4 is 5.91 Å². The first kappa shape index (κ1) is 16.1. The van der Waals surface area contributed by atoms with Crippen LogP contribution in [0.5, 0.6) is 5.75 Å². The molecule has 0 unspecified atom stereocenters. The molecule has 3 heterocycles. The van der Waals surface area contributed by atoms with Crippen LogP contribution >= 0.6 is 0 Å². The molecule has 4 rings (SSSR count). The zero-order valence-corrected chi connectivity index (χ0v) is 14.1. The van der Waals surface area contributed by atoms with Crippen molar-refractivity contribution in [2.45, 2.75) is 31.7 Å². The van der Waals surface area contributed by atoms with Gasteiger partial charge in [0.05, 0.1) is 0 Å². The van der Waals surface area contributed by atoms with E-state index in [0.717, 1.165) is 24.2 Å². The molecule has 0 radical (unpaired) electrons. The molecule has 2 atom stereocenters. The normalized spacial score (nSPS) is 21.4. The lowest BCUT2D eigenvalue weighted by atomic mass is 9.90. The number of aromatic nitrogens is 2. The summed E-state index contributed by atoms with van der Waals surface area (Å²) in [5.41, 5.74) is 0.924. The number of aryl methyl sites for hydroxylation is 1. The Morgan fingerprint density at radius 2 is 2.08 bits per heavy atom. The number of nitrogens with zero attached hydrogens (tertiary/aromatic N) is 2. The molecule has 2 aliphatic rings. The number of nitrogens with one attached hydrogen (secondary N) is 1. The molecule has 1 fully saturated rings. The van der Waals surface area contributed by atoms with E-state index in [9.17, 15) is 4.79 Å². The highest BCUT2D eigenvalue weighted by Gasteiger charge is 2.36. The van der Waals surface area contributed by atoms with Gasteiger partial charge < -0.3 is 19.3 Å². The third-order valence-corrected chi connectivity index (χ3v) is 4.86. The summed E-state index contributed by atoms with van der Waals surface area (Å²) in [5, 5.41) is 7.01. The van der Waals surface area contributed by atoms with Gasteiger partial charge in [0, 0.05) is 18.8 Å². The number of fused-ring (bicyclic) bond motifs is 1. The zero-order chi connectivity index (χ0) is 17.2. The lowest BCUT2D eigenvalue weighted by molar-refractivity contribution is -0.124. The van der Waals surface area contributed by atoms with Crippen LogP contribution in [0.4, 0.5) is 0 Å². The van der Waals surface area contributed by atoms with Gasteiger partial charge in [0.1, 0.15) is 24.3 Å². The fraction of sp³-hybridized carbons (Fsp3) is 0.500. The Morgan fingerprint density at radius 3 is 2.84 bits per heavy atom. The van der Waals surface area contributed by atoms with E-state index in [4.69, 9.17) is 14.0 Å². The highest BCUT2D eigenvalue weighted by molar-refractivity contribution is 5.85. The predicted molar refractivity (Wildman–Crippen MR) is 88.1 cm³/mol. The Labute approximate surface area is 145 Å². The van der Waals surface area contributed by atoms with Crippen LogP contribution in [0.3, 0.4) is 0 Å². The van der Waals surface area contributed by atoms with E-state index in [-0.39, 0.29) is 23.8 Å². The Bertz CT molecular complexity index is 754. The first-order chi connectivity index (χ1) is 12.2. The number of benzene rings is 1. The van der Waals surface area contributed by atoms with Crippen molar-refractivity contribution in [3.63, 3.8) is 0 Å². The third-order valence-electron chi connectivity index (χ3n) is 4.86. The Kier molecular flexibility index (Phi) is 4.40. The van der Waals surface area contributed by atoms with Gasteiger partial charge in [-0.3, -0.25) is 4.79 Å². The molecule has 7 heteroatoms. The van der Waals surface area contributed by atoms with Crippen LogP contribution in [0.25, 0.3) is 0 Å². The third kappa shape index (κ3) is 3.24. The van der Waals surface area contributed by atoms with Crippen LogP contribution in [-0.2, 0) is 9.53 Å². The summed E-state index contributed by atoms with van der Waals surface area (Å²) in [6, 6.07) is 7.36. The number of carbonyl (C=O) groups excluding carboxylic acids is 1. The second kappa shape index (κ2) is 6.84. The molecule has 1 N–H and O–H groups in total. The van der Waals surface area contributed by atoms with Crippen LogP contribution in [-0.4, -0.2) is 35.9 Å². The van der Waals surface area contributed by atoms with Crippen molar-refractivity contribution in [3.05, 3.63) is 41.5 Å². The highest BCUT2D eigenvalue weighted by Crippen LogP contribution is 2.35.